The van der Waals surface area contributed by atoms with Crippen LogP contribution in [0.15, 0.2) is 15.9 Å². The zero-order valence-electron chi connectivity index (χ0n) is 10.7. The van der Waals surface area contributed by atoms with Crippen molar-refractivity contribution in [3.05, 3.63) is 20.8 Å². The lowest BCUT2D eigenvalue weighted by atomic mass is 10.2. The summed E-state index contributed by atoms with van der Waals surface area (Å²) >= 11 is 4.76. The van der Waals surface area contributed by atoms with Gasteiger partial charge in [0.25, 0.3) is 5.91 Å². The Hall–Kier alpha value is -0.880. The molecule has 0 radical (unpaired) electrons. The summed E-state index contributed by atoms with van der Waals surface area (Å²) in [7, 11) is 1.35. The second-order valence-electron chi connectivity index (χ2n) is 4.55. The van der Waals surface area contributed by atoms with Crippen LogP contribution in [-0.4, -0.2) is 36.5 Å². The van der Waals surface area contributed by atoms with Crippen molar-refractivity contribution in [2.24, 2.45) is 0 Å². The van der Waals surface area contributed by atoms with Crippen molar-refractivity contribution < 1.29 is 14.3 Å². The van der Waals surface area contributed by atoms with Crippen LogP contribution >= 0.6 is 27.3 Å². The van der Waals surface area contributed by atoms with Gasteiger partial charge in [-0.05, 0) is 40.2 Å². The molecule has 2 rings (SSSR count). The highest BCUT2D eigenvalue weighted by molar-refractivity contribution is 9.10. The molecule has 1 heterocycles. The van der Waals surface area contributed by atoms with Crippen LogP contribution in [0.5, 0.6) is 0 Å². The molecular weight excluding hydrogens is 330 g/mol. The standard InChI is InChI=1S/C13H16BrNO3S/c1-18-11(16)8-15(9-4-2-3-5-9)13(17)12-10(14)6-7-19-12/h6-7,9H,2-5,8H2,1H3. The first-order chi connectivity index (χ1) is 9.13. The molecule has 0 atom stereocenters. The van der Waals surface area contributed by atoms with Crippen molar-refractivity contribution >= 4 is 39.1 Å². The zero-order valence-corrected chi connectivity index (χ0v) is 13.1. The van der Waals surface area contributed by atoms with Gasteiger partial charge in [0.15, 0.2) is 0 Å². The normalized spacial score (nSPS) is 15.5. The third-order valence-corrected chi connectivity index (χ3v) is 5.19. The zero-order chi connectivity index (χ0) is 13.8. The fourth-order valence-corrected chi connectivity index (χ4v) is 3.86. The predicted molar refractivity (Wildman–Crippen MR) is 77.3 cm³/mol. The van der Waals surface area contributed by atoms with E-state index in [1.54, 1.807) is 4.90 Å². The minimum Gasteiger partial charge on any atom is -0.468 e. The topological polar surface area (TPSA) is 46.6 Å². The Morgan fingerprint density at radius 3 is 2.68 bits per heavy atom. The van der Waals surface area contributed by atoms with Gasteiger partial charge in [-0.2, -0.15) is 0 Å². The monoisotopic (exact) mass is 345 g/mol. The Balaban J connectivity index is 2.18. The van der Waals surface area contributed by atoms with Crippen LogP contribution in [0.4, 0.5) is 0 Å². The average molecular weight is 346 g/mol. The van der Waals surface area contributed by atoms with Gasteiger partial charge in [-0.1, -0.05) is 12.8 Å². The highest BCUT2D eigenvalue weighted by Gasteiger charge is 2.30. The third kappa shape index (κ3) is 3.36. The number of thiophene rings is 1. The van der Waals surface area contributed by atoms with Crippen LogP contribution in [0.1, 0.15) is 35.4 Å². The van der Waals surface area contributed by atoms with Crippen molar-refractivity contribution in [3.8, 4) is 0 Å². The highest BCUT2D eigenvalue weighted by Crippen LogP contribution is 2.29. The molecule has 0 aliphatic heterocycles. The molecule has 0 spiro atoms. The summed E-state index contributed by atoms with van der Waals surface area (Å²) in [6.45, 7) is 0.0321. The summed E-state index contributed by atoms with van der Waals surface area (Å²) in [5, 5.41) is 1.86. The van der Waals surface area contributed by atoms with Gasteiger partial charge in [0, 0.05) is 10.5 Å². The molecule has 0 saturated heterocycles. The van der Waals surface area contributed by atoms with Crippen LogP contribution in [-0.2, 0) is 9.53 Å². The summed E-state index contributed by atoms with van der Waals surface area (Å²) in [5.41, 5.74) is 0. The Labute approximate surface area is 124 Å². The van der Waals surface area contributed by atoms with Crippen molar-refractivity contribution in [2.45, 2.75) is 31.7 Å². The maximum absolute atomic E-state index is 12.6. The lowest BCUT2D eigenvalue weighted by Gasteiger charge is -2.27. The largest absolute Gasteiger partial charge is 0.468 e. The number of methoxy groups -OCH3 is 1. The number of hydrogen-bond acceptors (Lipinski definition) is 4. The number of ether oxygens (including phenoxy) is 1. The molecule has 4 nitrogen and oxygen atoms in total. The smallest absolute Gasteiger partial charge is 0.325 e. The van der Waals surface area contributed by atoms with Gasteiger partial charge >= 0.3 is 5.97 Å². The molecule has 1 amide bonds. The molecule has 0 bridgehead atoms. The summed E-state index contributed by atoms with van der Waals surface area (Å²) in [6, 6.07) is 2.00. The lowest BCUT2D eigenvalue weighted by molar-refractivity contribution is -0.141. The fraction of sp³-hybridized carbons (Fsp3) is 0.538. The van der Waals surface area contributed by atoms with Gasteiger partial charge in [-0.3, -0.25) is 9.59 Å². The summed E-state index contributed by atoms with van der Waals surface area (Å²) in [4.78, 5) is 26.4. The second-order valence-corrected chi connectivity index (χ2v) is 6.32. The molecule has 1 aromatic rings. The lowest BCUT2D eigenvalue weighted by Crippen LogP contribution is -2.42. The molecule has 1 aliphatic rings. The van der Waals surface area contributed by atoms with E-state index >= 15 is 0 Å². The van der Waals surface area contributed by atoms with Crippen LogP contribution in [0.25, 0.3) is 0 Å². The van der Waals surface area contributed by atoms with Gasteiger partial charge in [-0.15, -0.1) is 11.3 Å². The fourth-order valence-electron chi connectivity index (χ4n) is 2.36. The predicted octanol–water partition coefficient (Wildman–Crippen LogP) is 3.07. The third-order valence-electron chi connectivity index (χ3n) is 3.36. The van der Waals surface area contributed by atoms with E-state index in [9.17, 15) is 9.59 Å². The highest BCUT2D eigenvalue weighted by atomic mass is 79.9. The van der Waals surface area contributed by atoms with E-state index in [0.29, 0.717) is 4.88 Å². The van der Waals surface area contributed by atoms with Crippen molar-refractivity contribution in [1.29, 1.82) is 0 Å². The van der Waals surface area contributed by atoms with Gasteiger partial charge in [0.1, 0.15) is 11.4 Å². The number of rotatable bonds is 4. The number of nitrogens with zero attached hydrogens (tertiary/aromatic N) is 1. The van der Waals surface area contributed by atoms with Gasteiger partial charge in [0.2, 0.25) is 0 Å². The van der Waals surface area contributed by atoms with E-state index in [4.69, 9.17) is 4.74 Å². The average Bonchev–Trinajstić information content (AvgIpc) is 3.05. The molecule has 104 valence electrons. The first-order valence-corrected chi connectivity index (χ1v) is 7.91. The Kier molecular flexibility index (Phi) is 4.99. The van der Waals surface area contributed by atoms with E-state index < -0.39 is 0 Å². The van der Waals surface area contributed by atoms with Crippen LogP contribution in [0.3, 0.4) is 0 Å². The van der Waals surface area contributed by atoms with Crippen molar-refractivity contribution in [3.63, 3.8) is 0 Å². The number of carbonyl (C=O) groups excluding carboxylic acids is 2. The van der Waals surface area contributed by atoms with Crippen LogP contribution < -0.4 is 0 Å². The molecular formula is C13H16BrNO3S. The molecule has 6 heteroatoms. The van der Waals surface area contributed by atoms with Gasteiger partial charge in [-0.25, -0.2) is 0 Å². The molecule has 1 aromatic heterocycles. The van der Waals surface area contributed by atoms with Gasteiger partial charge in [0.05, 0.1) is 7.11 Å². The molecule has 0 aromatic carbocycles. The number of halogens is 1. The SMILES string of the molecule is COC(=O)CN(C(=O)c1sccc1Br)C1CCCC1. The molecule has 19 heavy (non-hydrogen) atoms. The number of hydrogen-bond donors (Lipinski definition) is 0. The number of esters is 1. The van der Waals surface area contributed by atoms with E-state index in [1.807, 2.05) is 11.4 Å². The van der Waals surface area contributed by atoms with E-state index in [1.165, 1.54) is 18.4 Å². The summed E-state index contributed by atoms with van der Waals surface area (Å²) < 4.78 is 5.48. The van der Waals surface area contributed by atoms with Gasteiger partial charge < -0.3 is 9.64 Å². The van der Waals surface area contributed by atoms with E-state index in [0.717, 1.165) is 30.2 Å². The summed E-state index contributed by atoms with van der Waals surface area (Å²) in [6.07, 6.45) is 4.15. The summed E-state index contributed by atoms with van der Waals surface area (Å²) in [5.74, 6) is -0.452. The van der Waals surface area contributed by atoms with Crippen LogP contribution in [0, 0.1) is 0 Å². The second kappa shape index (κ2) is 6.52. The number of amides is 1. The van der Waals surface area contributed by atoms with Crippen LogP contribution in [0.2, 0.25) is 0 Å². The Morgan fingerprint density at radius 2 is 2.16 bits per heavy atom. The Morgan fingerprint density at radius 1 is 1.47 bits per heavy atom. The van der Waals surface area contributed by atoms with E-state index in [-0.39, 0.29) is 24.5 Å². The minimum absolute atomic E-state index is 0.0321. The maximum Gasteiger partial charge on any atom is 0.325 e. The quantitative estimate of drug-likeness (QED) is 0.788. The molecule has 1 saturated carbocycles. The number of carbonyl (C=O) groups is 2. The van der Waals surface area contributed by atoms with Crippen molar-refractivity contribution in [2.75, 3.05) is 13.7 Å². The van der Waals surface area contributed by atoms with Crippen molar-refractivity contribution in [1.82, 2.24) is 4.90 Å². The molecule has 0 unspecified atom stereocenters. The molecule has 1 fully saturated rings. The molecule has 1 aliphatic carbocycles. The first-order valence-electron chi connectivity index (χ1n) is 6.24. The van der Waals surface area contributed by atoms with E-state index in [2.05, 4.69) is 15.9 Å². The first kappa shape index (κ1) is 14.5. The molecule has 0 N–H and O–H groups in total. The Bertz CT molecular complexity index is 468. The minimum atomic E-state index is -0.368. The maximum atomic E-state index is 12.6.